The molecule has 3 atom stereocenters. The maximum Gasteiger partial charge on any atom is 0.416 e. The van der Waals surface area contributed by atoms with Crippen molar-refractivity contribution in [1.29, 1.82) is 0 Å². The van der Waals surface area contributed by atoms with Gasteiger partial charge in [0.05, 0.1) is 6.10 Å². The van der Waals surface area contributed by atoms with Crippen molar-refractivity contribution in [2.45, 2.75) is 45.4 Å². The number of carbonyl (C=O) groups is 1. The van der Waals surface area contributed by atoms with Crippen LogP contribution < -0.4 is 10.2 Å². The van der Waals surface area contributed by atoms with Gasteiger partial charge in [0.2, 0.25) is 17.7 Å². The lowest BCUT2D eigenvalue weighted by Gasteiger charge is -2.22. The van der Waals surface area contributed by atoms with Crippen LogP contribution in [-0.2, 0) is 11.2 Å². The van der Waals surface area contributed by atoms with Gasteiger partial charge in [-0.2, -0.15) is 9.97 Å². The third-order valence-corrected chi connectivity index (χ3v) is 5.13. The Bertz CT molecular complexity index is 1050. The number of nitrogens with one attached hydrogen (secondary N) is 1. The van der Waals surface area contributed by atoms with Crippen LogP contribution >= 0.6 is 0 Å². The fraction of sp³-hybridized carbons (Fsp3) is 0.381. The fourth-order valence-electron chi connectivity index (χ4n) is 3.28. The van der Waals surface area contributed by atoms with Crippen molar-refractivity contribution in [3.05, 3.63) is 48.0 Å². The van der Waals surface area contributed by atoms with Crippen LogP contribution in [0.4, 0.5) is 16.6 Å². The minimum atomic E-state index is -0.764. The predicted molar refractivity (Wildman–Crippen MR) is 112 cm³/mol. The summed E-state index contributed by atoms with van der Waals surface area (Å²) >= 11 is 0. The van der Waals surface area contributed by atoms with Gasteiger partial charge in [0.25, 0.3) is 0 Å². The van der Waals surface area contributed by atoms with Gasteiger partial charge in [0, 0.05) is 11.8 Å². The summed E-state index contributed by atoms with van der Waals surface area (Å²) in [7, 11) is 0. The van der Waals surface area contributed by atoms with E-state index in [9.17, 15) is 9.90 Å². The molecule has 0 radical (unpaired) electrons. The Morgan fingerprint density at radius 3 is 2.71 bits per heavy atom. The van der Waals surface area contributed by atoms with Gasteiger partial charge < -0.3 is 19.7 Å². The van der Waals surface area contributed by atoms with Gasteiger partial charge in [0.1, 0.15) is 24.5 Å². The molecule has 0 unspecified atom stereocenters. The fourth-order valence-corrected chi connectivity index (χ4v) is 3.28. The number of aliphatic hydroxyl groups is 1. The van der Waals surface area contributed by atoms with Crippen LogP contribution in [0.25, 0.3) is 11.4 Å². The molecule has 0 aliphatic carbocycles. The number of aryl methyl sites for hydroxylation is 1. The molecule has 1 aromatic carbocycles. The number of amides is 1. The van der Waals surface area contributed by atoms with Gasteiger partial charge in [-0.15, -0.1) is 0 Å². The molecular weight excluding hydrogens is 400 g/mol. The van der Waals surface area contributed by atoms with E-state index in [1.54, 1.807) is 13.0 Å². The van der Waals surface area contributed by atoms with Crippen molar-refractivity contribution in [2.24, 2.45) is 0 Å². The second kappa shape index (κ2) is 8.68. The Hall–Kier alpha value is -3.53. The van der Waals surface area contributed by atoms with E-state index in [0.29, 0.717) is 17.5 Å². The van der Waals surface area contributed by atoms with Crippen LogP contribution in [-0.4, -0.2) is 50.1 Å². The summed E-state index contributed by atoms with van der Waals surface area (Å²) < 4.78 is 10.5. The van der Waals surface area contributed by atoms with Crippen molar-refractivity contribution < 1.29 is 19.2 Å². The summed E-state index contributed by atoms with van der Waals surface area (Å²) in [5.41, 5.74) is 2.11. The standard InChI is InChI=1S/C21H24N6O4/c1-4-14-5-7-15(8-6-14)18-25-19(31-26-18)12(2)23-20-22-10-9-17(24-20)27-16(13(3)28)11-30-21(27)29/h5-10,12-13,16,28H,4,11H2,1-3H3,(H,22,23,24)/t12-,13+,16+/m0/s1. The Kier molecular flexibility index (Phi) is 5.81. The van der Waals surface area contributed by atoms with E-state index in [2.05, 4.69) is 32.3 Å². The van der Waals surface area contributed by atoms with Crippen molar-refractivity contribution >= 4 is 17.9 Å². The van der Waals surface area contributed by atoms with Gasteiger partial charge in [-0.1, -0.05) is 36.3 Å². The number of nitrogens with zero attached hydrogens (tertiary/aromatic N) is 5. The Morgan fingerprint density at radius 1 is 1.23 bits per heavy atom. The van der Waals surface area contributed by atoms with Crippen molar-refractivity contribution in [2.75, 3.05) is 16.8 Å². The number of carbonyl (C=O) groups excluding carboxylic acids is 1. The molecule has 10 nitrogen and oxygen atoms in total. The first kappa shape index (κ1) is 20.7. The van der Waals surface area contributed by atoms with E-state index in [-0.39, 0.29) is 18.6 Å². The van der Waals surface area contributed by atoms with Gasteiger partial charge >= 0.3 is 6.09 Å². The largest absolute Gasteiger partial charge is 0.447 e. The lowest BCUT2D eigenvalue weighted by Crippen LogP contribution is -2.41. The zero-order valence-corrected chi connectivity index (χ0v) is 17.5. The molecule has 1 aliphatic heterocycles. The maximum atomic E-state index is 12.1. The Labute approximate surface area is 179 Å². The number of cyclic esters (lactones) is 1. The average Bonchev–Trinajstić information content (AvgIpc) is 3.41. The van der Waals surface area contributed by atoms with Crippen LogP contribution in [0.3, 0.4) is 0 Å². The van der Waals surface area contributed by atoms with E-state index >= 15 is 0 Å². The Balaban J connectivity index is 1.49. The summed E-state index contributed by atoms with van der Waals surface area (Å²) in [5, 5.41) is 17.1. The molecular formula is C21H24N6O4. The first-order valence-corrected chi connectivity index (χ1v) is 10.1. The lowest BCUT2D eigenvalue weighted by atomic mass is 10.1. The summed E-state index contributed by atoms with van der Waals surface area (Å²) in [6.07, 6.45) is 1.17. The zero-order chi connectivity index (χ0) is 22.0. The summed E-state index contributed by atoms with van der Waals surface area (Å²) in [4.78, 5) is 26.5. The molecule has 3 aromatic rings. The van der Waals surface area contributed by atoms with E-state index < -0.39 is 18.2 Å². The highest BCUT2D eigenvalue weighted by molar-refractivity contribution is 5.89. The molecule has 0 spiro atoms. The van der Waals surface area contributed by atoms with Crippen LogP contribution in [0, 0.1) is 0 Å². The minimum Gasteiger partial charge on any atom is -0.447 e. The average molecular weight is 424 g/mol. The molecule has 2 aromatic heterocycles. The number of ether oxygens (including phenoxy) is 1. The highest BCUT2D eigenvalue weighted by atomic mass is 16.6. The predicted octanol–water partition coefficient (Wildman–Crippen LogP) is 2.97. The molecule has 162 valence electrons. The van der Waals surface area contributed by atoms with Crippen molar-refractivity contribution in [3.8, 4) is 11.4 Å². The monoisotopic (exact) mass is 424 g/mol. The van der Waals surface area contributed by atoms with Crippen LogP contribution in [0.15, 0.2) is 41.1 Å². The minimum absolute atomic E-state index is 0.101. The number of rotatable bonds is 7. The van der Waals surface area contributed by atoms with Crippen LogP contribution in [0.2, 0.25) is 0 Å². The van der Waals surface area contributed by atoms with Gasteiger partial charge in [0.15, 0.2) is 0 Å². The number of anilines is 2. The molecule has 31 heavy (non-hydrogen) atoms. The molecule has 10 heteroatoms. The SMILES string of the molecule is CCc1ccc(-c2noc([C@H](C)Nc3nccc(N4C(=O)OC[C@@H]4[C@@H](C)O)n3)n2)cc1. The van der Waals surface area contributed by atoms with E-state index in [1.165, 1.54) is 16.7 Å². The number of hydrogen-bond donors (Lipinski definition) is 2. The molecule has 0 bridgehead atoms. The van der Waals surface area contributed by atoms with Crippen LogP contribution in [0.1, 0.15) is 38.3 Å². The Morgan fingerprint density at radius 2 is 2.00 bits per heavy atom. The summed E-state index contributed by atoms with van der Waals surface area (Å²) in [6.45, 7) is 5.65. The van der Waals surface area contributed by atoms with Crippen molar-refractivity contribution in [3.63, 3.8) is 0 Å². The quantitative estimate of drug-likeness (QED) is 0.588. The van der Waals surface area contributed by atoms with E-state index in [0.717, 1.165) is 12.0 Å². The third kappa shape index (κ3) is 4.33. The van der Waals surface area contributed by atoms with Crippen molar-refractivity contribution in [1.82, 2.24) is 20.1 Å². The normalized spacial score (nSPS) is 18.0. The second-order valence-corrected chi connectivity index (χ2v) is 7.37. The topological polar surface area (TPSA) is 127 Å². The zero-order valence-electron chi connectivity index (χ0n) is 17.5. The lowest BCUT2D eigenvalue weighted by molar-refractivity contribution is 0.142. The molecule has 1 fully saturated rings. The molecule has 1 saturated heterocycles. The maximum absolute atomic E-state index is 12.1. The molecule has 0 saturated carbocycles. The van der Waals surface area contributed by atoms with E-state index in [4.69, 9.17) is 9.26 Å². The molecule has 3 heterocycles. The smallest absolute Gasteiger partial charge is 0.416 e. The second-order valence-electron chi connectivity index (χ2n) is 7.37. The van der Waals surface area contributed by atoms with Gasteiger partial charge in [-0.25, -0.2) is 9.78 Å². The highest BCUT2D eigenvalue weighted by Gasteiger charge is 2.38. The van der Waals surface area contributed by atoms with Gasteiger partial charge in [-0.3, -0.25) is 4.90 Å². The van der Waals surface area contributed by atoms with Gasteiger partial charge in [-0.05, 0) is 31.9 Å². The first-order chi connectivity index (χ1) is 15.0. The van der Waals surface area contributed by atoms with E-state index in [1.807, 2.05) is 31.2 Å². The first-order valence-electron chi connectivity index (χ1n) is 10.1. The molecule has 1 aliphatic rings. The van der Waals surface area contributed by atoms with Crippen LogP contribution in [0.5, 0.6) is 0 Å². The summed E-state index contributed by atoms with van der Waals surface area (Å²) in [5.74, 6) is 1.49. The third-order valence-electron chi connectivity index (χ3n) is 5.13. The summed E-state index contributed by atoms with van der Waals surface area (Å²) in [6, 6.07) is 8.71. The number of aromatic nitrogens is 4. The number of aliphatic hydroxyl groups excluding tert-OH is 1. The molecule has 4 rings (SSSR count). The molecule has 2 N–H and O–H groups in total. The number of hydrogen-bond acceptors (Lipinski definition) is 9. The highest BCUT2D eigenvalue weighted by Crippen LogP contribution is 2.25. The molecule has 1 amide bonds. The number of benzene rings is 1.